The average molecular weight is 243 g/mol. The smallest absolute Gasteiger partial charge is 0.188 e. The van der Waals surface area contributed by atoms with Gasteiger partial charge in [0.15, 0.2) is 10.8 Å². The molecule has 0 amide bonds. The molecule has 0 unspecified atom stereocenters. The zero-order valence-corrected chi connectivity index (χ0v) is 10.5. The molecule has 3 rings (SSSR count). The van der Waals surface area contributed by atoms with Crippen molar-refractivity contribution in [2.45, 2.75) is 26.2 Å². The molecular formula is C14H13NOS. The fraction of sp³-hybridized carbons (Fsp3) is 0.286. The van der Waals surface area contributed by atoms with Crippen LogP contribution in [-0.4, -0.2) is 10.8 Å². The van der Waals surface area contributed by atoms with E-state index in [4.69, 9.17) is 0 Å². The van der Waals surface area contributed by atoms with Gasteiger partial charge in [0.05, 0.1) is 5.69 Å². The molecule has 0 saturated carbocycles. The van der Waals surface area contributed by atoms with Crippen molar-refractivity contribution in [3.63, 3.8) is 0 Å². The second-order valence-electron chi connectivity index (χ2n) is 4.43. The van der Waals surface area contributed by atoms with E-state index in [1.54, 1.807) is 6.92 Å². The third-order valence-corrected chi connectivity index (χ3v) is 4.14. The summed E-state index contributed by atoms with van der Waals surface area (Å²) < 4.78 is 0. The van der Waals surface area contributed by atoms with Crippen LogP contribution in [-0.2, 0) is 12.8 Å². The molecule has 0 fully saturated rings. The molecule has 0 aliphatic heterocycles. The Morgan fingerprint density at radius 2 is 2.12 bits per heavy atom. The fourth-order valence-corrected chi connectivity index (χ4v) is 3.03. The lowest BCUT2D eigenvalue weighted by molar-refractivity contribution is 0.101. The molecule has 3 heteroatoms. The van der Waals surface area contributed by atoms with Gasteiger partial charge in [-0.3, -0.25) is 4.79 Å². The van der Waals surface area contributed by atoms with Gasteiger partial charge >= 0.3 is 0 Å². The number of aryl methyl sites for hydroxylation is 2. The van der Waals surface area contributed by atoms with E-state index >= 15 is 0 Å². The molecule has 1 heterocycles. The molecule has 2 aromatic rings. The molecule has 1 aliphatic carbocycles. The number of ketones is 1. The van der Waals surface area contributed by atoms with E-state index in [0.29, 0.717) is 5.01 Å². The highest BCUT2D eigenvalue weighted by Gasteiger charge is 2.13. The SMILES string of the molecule is CC(=O)c1nc(-c2ccc3c(c2)CCC3)cs1. The third kappa shape index (κ3) is 1.91. The molecule has 0 radical (unpaired) electrons. The first-order chi connectivity index (χ1) is 8.24. The molecule has 86 valence electrons. The molecule has 1 aromatic carbocycles. The lowest BCUT2D eigenvalue weighted by Crippen LogP contribution is -1.90. The maximum Gasteiger partial charge on any atom is 0.188 e. The predicted octanol–water partition coefficient (Wildman–Crippen LogP) is 3.50. The average Bonchev–Trinajstić information content (AvgIpc) is 2.97. The van der Waals surface area contributed by atoms with E-state index < -0.39 is 0 Å². The van der Waals surface area contributed by atoms with E-state index in [0.717, 1.165) is 11.3 Å². The van der Waals surface area contributed by atoms with Crippen LogP contribution in [0.2, 0.25) is 0 Å². The van der Waals surface area contributed by atoms with Gasteiger partial charge in [-0.2, -0.15) is 0 Å². The molecule has 0 saturated heterocycles. The van der Waals surface area contributed by atoms with Crippen LogP contribution in [0.5, 0.6) is 0 Å². The molecule has 0 bridgehead atoms. The van der Waals surface area contributed by atoms with Crippen molar-refractivity contribution in [3.05, 3.63) is 39.7 Å². The van der Waals surface area contributed by atoms with E-state index in [9.17, 15) is 4.79 Å². The summed E-state index contributed by atoms with van der Waals surface area (Å²) in [5.41, 5.74) is 4.97. The summed E-state index contributed by atoms with van der Waals surface area (Å²) in [6.07, 6.45) is 3.63. The zero-order chi connectivity index (χ0) is 11.8. The minimum Gasteiger partial charge on any atom is -0.292 e. The number of benzene rings is 1. The van der Waals surface area contributed by atoms with Crippen molar-refractivity contribution in [1.82, 2.24) is 4.98 Å². The zero-order valence-electron chi connectivity index (χ0n) is 9.69. The number of Topliss-reactive ketones (excluding diaryl/α,β-unsaturated/α-hetero) is 1. The summed E-state index contributed by atoms with van der Waals surface area (Å²) in [5, 5.41) is 2.56. The molecule has 1 aromatic heterocycles. The van der Waals surface area contributed by atoms with E-state index in [-0.39, 0.29) is 5.78 Å². The topological polar surface area (TPSA) is 30.0 Å². The summed E-state index contributed by atoms with van der Waals surface area (Å²) in [6, 6.07) is 6.54. The van der Waals surface area contributed by atoms with E-state index in [2.05, 4.69) is 23.2 Å². The summed E-state index contributed by atoms with van der Waals surface area (Å²) in [5.74, 6) is 0.0439. The van der Waals surface area contributed by atoms with Crippen molar-refractivity contribution in [1.29, 1.82) is 0 Å². The summed E-state index contributed by atoms with van der Waals surface area (Å²) in [6.45, 7) is 1.56. The highest BCUT2D eigenvalue weighted by Crippen LogP contribution is 2.28. The highest BCUT2D eigenvalue weighted by molar-refractivity contribution is 7.12. The highest BCUT2D eigenvalue weighted by atomic mass is 32.1. The van der Waals surface area contributed by atoms with Crippen LogP contribution in [0.15, 0.2) is 23.6 Å². The number of nitrogens with zero attached hydrogens (tertiary/aromatic N) is 1. The summed E-state index contributed by atoms with van der Waals surface area (Å²) in [7, 11) is 0. The Morgan fingerprint density at radius 1 is 1.29 bits per heavy atom. The fourth-order valence-electron chi connectivity index (χ4n) is 2.30. The van der Waals surface area contributed by atoms with Crippen LogP contribution in [0.1, 0.15) is 34.3 Å². The van der Waals surface area contributed by atoms with Crippen LogP contribution in [0.3, 0.4) is 0 Å². The first-order valence-electron chi connectivity index (χ1n) is 5.82. The molecule has 0 N–H and O–H groups in total. The number of thiazole rings is 1. The Kier molecular flexibility index (Phi) is 2.56. The number of hydrogen-bond donors (Lipinski definition) is 0. The first kappa shape index (κ1) is 10.7. The first-order valence-corrected chi connectivity index (χ1v) is 6.70. The Hall–Kier alpha value is -1.48. The minimum absolute atomic E-state index is 0.0439. The normalized spacial score (nSPS) is 13.7. The van der Waals surface area contributed by atoms with Gasteiger partial charge in [-0.15, -0.1) is 11.3 Å². The number of carbonyl (C=O) groups is 1. The van der Waals surface area contributed by atoms with E-state index in [1.807, 2.05) is 5.38 Å². The minimum atomic E-state index is 0.0439. The van der Waals surface area contributed by atoms with Gasteiger partial charge in [-0.25, -0.2) is 4.98 Å². The van der Waals surface area contributed by atoms with Crippen molar-refractivity contribution in [3.8, 4) is 11.3 Å². The summed E-state index contributed by atoms with van der Waals surface area (Å²) >= 11 is 1.43. The molecule has 17 heavy (non-hydrogen) atoms. The molecular weight excluding hydrogens is 230 g/mol. The Morgan fingerprint density at radius 3 is 2.88 bits per heavy atom. The van der Waals surface area contributed by atoms with Gasteiger partial charge in [0.1, 0.15) is 0 Å². The standard InChI is InChI=1S/C14H13NOS/c1-9(16)14-15-13(8-17-14)12-6-5-10-3-2-4-11(10)7-12/h5-8H,2-4H2,1H3. The number of fused-ring (bicyclic) bond motifs is 1. The number of hydrogen-bond acceptors (Lipinski definition) is 3. The lowest BCUT2D eigenvalue weighted by atomic mass is 10.1. The van der Waals surface area contributed by atoms with Crippen molar-refractivity contribution in [2.75, 3.05) is 0 Å². The number of aromatic nitrogens is 1. The summed E-state index contributed by atoms with van der Waals surface area (Å²) in [4.78, 5) is 15.6. The maximum atomic E-state index is 11.2. The van der Waals surface area contributed by atoms with Crippen LogP contribution >= 0.6 is 11.3 Å². The van der Waals surface area contributed by atoms with Crippen LogP contribution in [0.4, 0.5) is 0 Å². The van der Waals surface area contributed by atoms with Crippen LogP contribution in [0, 0.1) is 0 Å². The third-order valence-electron chi connectivity index (χ3n) is 3.20. The monoisotopic (exact) mass is 243 g/mol. The molecule has 0 atom stereocenters. The predicted molar refractivity (Wildman–Crippen MR) is 69.6 cm³/mol. The van der Waals surface area contributed by atoms with E-state index in [1.165, 1.54) is 41.7 Å². The molecule has 1 aliphatic rings. The second-order valence-corrected chi connectivity index (χ2v) is 5.29. The largest absolute Gasteiger partial charge is 0.292 e. The Bertz CT molecular complexity index is 586. The van der Waals surface area contributed by atoms with Gasteiger partial charge in [0.25, 0.3) is 0 Å². The van der Waals surface area contributed by atoms with Gasteiger partial charge in [-0.1, -0.05) is 12.1 Å². The number of rotatable bonds is 2. The second kappa shape index (κ2) is 4.08. The van der Waals surface area contributed by atoms with Crippen LogP contribution < -0.4 is 0 Å². The molecule has 0 spiro atoms. The Labute approximate surface area is 104 Å². The molecule has 2 nitrogen and oxygen atoms in total. The van der Waals surface area contributed by atoms with Crippen molar-refractivity contribution < 1.29 is 4.79 Å². The van der Waals surface area contributed by atoms with Gasteiger partial charge in [0.2, 0.25) is 0 Å². The van der Waals surface area contributed by atoms with Crippen molar-refractivity contribution in [2.24, 2.45) is 0 Å². The lowest BCUT2D eigenvalue weighted by Gasteiger charge is -2.01. The van der Waals surface area contributed by atoms with Crippen LogP contribution in [0.25, 0.3) is 11.3 Å². The van der Waals surface area contributed by atoms with Gasteiger partial charge in [-0.05, 0) is 36.5 Å². The maximum absolute atomic E-state index is 11.2. The van der Waals surface area contributed by atoms with Crippen molar-refractivity contribution >= 4 is 17.1 Å². The Balaban J connectivity index is 2.00. The van der Waals surface area contributed by atoms with Gasteiger partial charge in [0, 0.05) is 17.9 Å². The quantitative estimate of drug-likeness (QED) is 0.756. The van der Waals surface area contributed by atoms with Gasteiger partial charge < -0.3 is 0 Å². The number of carbonyl (C=O) groups excluding carboxylic acids is 1.